The molecular formula is C13H24N2O3. The third-order valence-corrected chi connectivity index (χ3v) is 3.99. The highest BCUT2D eigenvalue weighted by molar-refractivity contribution is 5.90. The van der Waals surface area contributed by atoms with Gasteiger partial charge in [-0.05, 0) is 31.6 Å². The Bertz CT molecular complexity index is 350. The molecule has 1 rings (SSSR count). The van der Waals surface area contributed by atoms with Crippen LogP contribution in [0.2, 0.25) is 0 Å². The molecule has 0 radical (unpaired) electrons. The van der Waals surface area contributed by atoms with Crippen LogP contribution in [0.15, 0.2) is 0 Å². The van der Waals surface area contributed by atoms with E-state index in [1.807, 2.05) is 20.8 Å². The van der Waals surface area contributed by atoms with Gasteiger partial charge >= 0.3 is 5.97 Å². The second-order valence-electron chi connectivity index (χ2n) is 6.10. The van der Waals surface area contributed by atoms with Crippen molar-refractivity contribution < 1.29 is 14.7 Å². The highest BCUT2D eigenvalue weighted by Gasteiger charge is 2.47. The number of hydrogen-bond donors (Lipinski definition) is 2. The maximum atomic E-state index is 12.4. The van der Waals surface area contributed by atoms with Crippen LogP contribution >= 0.6 is 0 Å². The molecule has 0 bridgehead atoms. The summed E-state index contributed by atoms with van der Waals surface area (Å²) in [7, 11) is 0. The molecule has 3 N–H and O–H groups in total. The van der Waals surface area contributed by atoms with Crippen LogP contribution in [0, 0.1) is 5.41 Å². The molecule has 1 amide bonds. The fourth-order valence-corrected chi connectivity index (χ4v) is 2.56. The van der Waals surface area contributed by atoms with Crippen molar-refractivity contribution in [1.29, 1.82) is 0 Å². The molecule has 104 valence electrons. The first-order valence-electron chi connectivity index (χ1n) is 6.46. The van der Waals surface area contributed by atoms with Gasteiger partial charge in [-0.2, -0.15) is 0 Å². The first-order valence-corrected chi connectivity index (χ1v) is 6.46. The summed E-state index contributed by atoms with van der Waals surface area (Å²) in [5.41, 5.74) is 4.56. The lowest BCUT2D eigenvalue weighted by atomic mass is 9.75. The van der Waals surface area contributed by atoms with Crippen molar-refractivity contribution in [1.82, 2.24) is 4.90 Å². The summed E-state index contributed by atoms with van der Waals surface area (Å²) in [6, 6.07) is -0.784. The largest absolute Gasteiger partial charge is 0.480 e. The molecule has 0 aromatic rings. The molecule has 0 aromatic carbocycles. The molecule has 1 fully saturated rings. The van der Waals surface area contributed by atoms with Crippen LogP contribution in [0.3, 0.4) is 0 Å². The quantitative estimate of drug-likeness (QED) is 0.795. The number of carbonyl (C=O) groups excluding carboxylic acids is 1. The van der Waals surface area contributed by atoms with Gasteiger partial charge in [-0.25, -0.2) is 4.79 Å². The van der Waals surface area contributed by atoms with Crippen molar-refractivity contribution in [2.45, 2.75) is 58.5 Å². The standard InChI is InChI=1S/C13H24N2O3/c1-5-13(4,14)11(18)15-8-6-7-12(2,3)9(15)10(16)17/h9H,5-8,14H2,1-4H3,(H,16,17). The van der Waals surface area contributed by atoms with Crippen molar-refractivity contribution >= 4 is 11.9 Å². The Morgan fingerprint density at radius 1 is 1.50 bits per heavy atom. The van der Waals surface area contributed by atoms with E-state index in [1.54, 1.807) is 6.92 Å². The van der Waals surface area contributed by atoms with Crippen LogP contribution in [0.1, 0.15) is 47.0 Å². The van der Waals surface area contributed by atoms with E-state index in [9.17, 15) is 14.7 Å². The fraction of sp³-hybridized carbons (Fsp3) is 0.846. The topological polar surface area (TPSA) is 83.6 Å². The number of aliphatic carboxylic acids is 1. The van der Waals surface area contributed by atoms with Crippen molar-refractivity contribution in [2.24, 2.45) is 11.1 Å². The lowest BCUT2D eigenvalue weighted by Gasteiger charge is -2.46. The summed E-state index contributed by atoms with van der Waals surface area (Å²) in [5, 5.41) is 9.40. The van der Waals surface area contributed by atoms with E-state index < -0.39 is 23.0 Å². The molecule has 1 heterocycles. The molecular weight excluding hydrogens is 232 g/mol. The number of carboxylic acids is 1. The number of nitrogens with two attached hydrogens (primary N) is 1. The van der Waals surface area contributed by atoms with Crippen molar-refractivity contribution in [3.05, 3.63) is 0 Å². The Morgan fingerprint density at radius 2 is 2.06 bits per heavy atom. The summed E-state index contributed by atoms with van der Waals surface area (Å²) >= 11 is 0. The average Bonchev–Trinajstić information content (AvgIpc) is 2.25. The number of likely N-dealkylation sites (tertiary alicyclic amines) is 1. The molecule has 2 atom stereocenters. The highest BCUT2D eigenvalue weighted by atomic mass is 16.4. The lowest BCUT2D eigenvalue weighted by Crippen LogP contribution is -2.62. The van der Waals surface area contributed by atoms with Gasteiger partial charge in [0.15, 0.2) is 0 Å². The summed E-state index contributed by atoms with van der Waals surface area (Å²) in [4.78, 5) is 25.3. The first-order chi connectivity index (χ1) is 8.13. The zero-order chi connectivity index (χ0) is 14.1. The Balaban J connectivity index is 3.06. The monoisotopic (exact) mass is 256 g/mol. The average molecular weight is 256 g/mol. The summed E-state index contributed by atoms with van der Waals surface area (Å²) in [6.45, 7) is 7.76. The van der Waals surface area contributed by atoms with Gasteiger partial charge in [-0.1, -0.05) is 20.8 Å². The van der Waals surface area contributed by atoms with Gasteiger partial charge in [0, 0.05) is 6.54 Å². The van der Waals surface area contributed by atoms with Gasteiger partial charge in [0.05, 0.1) is 5.54 Å². The van der Waals surface area contributed by atoms with Gasteiger partial charge in [0.2, 0.25) is 5.91 Å². The molecule has 1 aliphatic heterocycles. The Kier molecular flexibility index (Phi) is 4.05. The van der Waals surface area contributed by atoms with Crippen LogP contribution in [-0.2, 0) is 9.59 Å². The predicted octanol–water partition coefficient (Wildman–Crippen LogP) is 1.22. The number of hydrogen-bond acceptors (Lipinski definition) is 3. The minimum absolute atomic E-state index is 0.259. The van der Waals surface area contributed by atoms with Crippen LogP contribution < -0.4 is 5.73 Å². The van der Waals surface area contributed by atoms with E-state index in [1.165, 1.54) is 4.90 Å². The van der Waals surface area contributed by atoms with E-state index in [0.717, 1.165) is 12.8 Å². The van der Waals surface area contributed by atoms with Crippen LogP contribution in [0.4, 0.5) is 0 Å². The van der Waals surface area contributed by atoms with Crippen molar-refractivity contribution in [3.63, 3.8) is 0 Å². The van der Waals surface area contributed by atoms with E-state index in [-0.39, 0.29) is 5.91 Å². The van der Waals surface area contributed by atoms with Crippen molar-refractivity contribution in [2.75, 3.05) is 6.54 Å². The van der Waals surface area contributed by atoms with E-state index in [4.69, 9.17) is 5.73 Å². The lowest BCUT2D eigenvalue weighted by molar-refractivity contribution is -0.161. The first kappa shape index (κ1) is 15.0. The SMILES string of the molecule is CCC(C)(N)C(=O)N1CCCC(C)(C)C1C(=O)O. The summed E-state index contributed by atoms with van der Waals surface area (Å²) in [5.74, 6) is -1.20. The van der Waals surface area contributed by atoms with Crippen molar-refractivity contribution in [3.8, 4) is 0 Å². The normalized spacial score (nSPS) is 26.5. The fourth-order valence-electron chi connectivity index (χ4n) is 2.56. The number of amides is 1. The Hall–Kier alpha value is -1.10. The molecule has 18 heavy (non-hydrogen) atoms. The van der Waals surface area contributed by atoms with Crippen LogP contribution in [0.25, 0.3) is 0 Å². The number of carbonyl (C=O) groups is 2. The number of carboxylic acid groups (broad SMARTS) is 1. The zero-order valence-corrected chi connectivity index (χ0v) is 11.7. The summed E-state index contributed by atoms with van der Waals surface area (Å²) in [6.07, 6.45) is 2.12. The molecule has 5 heteroatoms. The molecule has 0 saturated carbocycles. The minimum Gasteiger partial charge on any atom is -0.480 e. The minimum atomic E-state index is -0.985. The molecule has 0 aliphatic carbocycles. The maximum absolute atomic E-state index is 12.4. The third-order valence-electron chi connectivity index (χ3n) is 3.99. The number of piperidine rings is 1. The predicted molar refractivity (Wildman–Crippen MR) is 69.0 cm³/mol. The van der Waals surface area contributed by atoms with Gasteiger partial charge in [-0.3, -0.25) is 4.79 Å². The number of nitrogens with zero attached hydrogens (tertiary/aromatic N) is 1. The van der Waals surface area contributed by atoms with Gasteiger partial charge < -0.3 is 15.7 Å². The highest BCUT2D eigenvalue weighted by Crippen LogP contribution is 2.36. The Labute approximate surface area is 108 Å². The van der Waals surface area contributed by atoms with Crippen LogP contribution in [0.5, 0.6) is 0 Å². The molecule has 0 aromatic heterocycles. The van der Waals surface area contributed by atoms with E-state index >= 15 is 0 Å². The van der Waals surface area contributed by atoms with E-state index in [2.05, 4.69) is 0 Å². The second kappa shape index (κ2) is 4.88. The smallest absolute Gasteiger partial charge is 0.326 e. The third kappa shape index (κ3) is 2.66. The molecule has 0 spiro atoms. The second-order valence-corrected chi connectivity index (χ2v) is 6.10. The van der Waals surface area contributed by atoms with E-state index in [0.29, 0.717) is 13.0 Å². The van der Waals surface area contributed by atoms with Gasteiger partial charge in [-0.15, -0.1) is 0 Å². The molecule has 5 nitrogen and oxygen atoms in total. The molecule has 1 saturated heterocycles. The van der Waals surface area contributed by atoms with Crippen LogP contribution in [-0.4, -0.2) is 40.0 Å². The van der Waals surface area contributed by atoms with Gasteiger partial charge in [0.1, 0.15) is 6.04 Å². The molecule has 1 aliphatic rings. The maximum Gasteiger partial charge on any atom is 0.326 e. The zero-order valence-electron chi connectivity index (χ0n) is 11.7. The van der Waals surface area contributed by atoms with Gasteiger partial charge in [0.25, 0.3) is 0 Å². The summed E-state index contributed by atoms with van der Waals surface area (Å²) < 4.78 is 0. The molecule has 2 unspecified atom stereocenters. The Morgan fingerprint density at radius 3 is 2.50 bits per heavy atom. The number of rotatable bonds is 3.